The number of hydrogen-bond acceptors (Lipinski definition) is 3. The Morgan fingerprint density at radius 3 is 2.90 bits per heavy atom. The number of aryl methyl sites for hydroxylation is 2. The Morgan fingerprint density at radius 2 is 2.20 bits per heavy atom. The zero-order chi connectivity index (χ0) is 14.5. The number of anilines is 1. The van der Waals surface area contributed by atoms with Gasteiger partial charge in [0.15, 0.2) is 0 Å². The van der Waals surface area contributed by atoms with Crippen molar-refractivity contribution in [3.05, 3.63) is 22.9 Å². The Balaban J connectivity index is 2.24. The van der Waals surface area contributed by atoms with Crippen LogP contribution in [0.3, 0.4) is 0 Å². The first-order valence-electron chi connectivity index (χ1n) is 8.04. The third kappa shape index (κ3) is 3.72. The van der Waals surface area contributed by atoms with Crippen LogP contribution in [0.4, 0.5) is 5.82 Å². The predicted molar refractivity (Wildman–Crippen MR) is 86.3 cm³/mol. The summed E-state index contributed by atoms with van der Waals surface area (Å²) in [6, 6.07) is 2.21. The average molecular weight is 275 g/mol. The highest BCUT2D eigenvalue weighted by molar-refractivity contribution is 5.52. The molecular formula is C17H29N3. The number of pyridine rings is 1. The third-order valence-electron chi connectivity index (χ3n) is 4.14. The monoisotopic (exact) mass is 275 g/mol. The van der Waals surface area contributed by atoms with E-state index in [1.54, 1.807) is 0 Å². The molecule has 2 heterocycles. The maximum Gasteiger partial charge on any atom is 0.133 e. The summed E-state index contributed by atoms with van der Waals surface area (Å²) in [4.78, 5) is 7.35. The van der Waals surface area contributed by atoms with Gasteiger partial charge in [-0.05, 0) is 57.2 Å². The van der Waals surface area contributed by atoms with Gasteiger partial charge in [0, 0.05) is 30.9 Å². The first-order valence-corrected chi connectivity index (χ1v) is 8.04. The first-order chi connectivity index (χ1) is 9.61. The smallest absolute Gasteiger partial charge is 0.133 e. The van der Waals surface area contributed by atoms with E-state index in [2.05, 4.69) is 44.0 Å². The Labute approximate surface area is 123 Å². The molecule has 0 bridgehead atoms. The summed E-state index contributed by atoms with van der Waals surface area (Å²) < 4.78 is 0. The average Bonchev–Trinajstić information content (AvgIpc) is 2.41. The highest BCUT2D eigenvalue weighted by Gasteiger charge is 2.21. The molecular weight excluding hydrogens is 246 g/mol. The third-order valence-corrected chi connectivity index (χ3v) is 4.14. The number of aromatic nitrogens is 1. The van der Waals surface area contributed by atoms with Gasteiger partial charge < -0.3 is 10.2 Å². The fourth-order valence-electron chi connectivity index (χ4n) is 3.10. The maximum atomic E-state index is 4.86. The molecule has 20 heavy (non-hydrogen) atoms. The largest absolute Gasteiger partial charge is 0.356 e. The van der Waals surface area contributed by atoms with Gasteiger partial charge in [0.2, 0.25) is 0 Å². The van der Waals surface area contributed by atoms with E-state index in [1.807, 2.05) is 0 Å². The Kier molecular flexibility index (Phi) is 5.41. The Bertz CT molecular complexity index is 442. The lowest BCUT2D eigenvalue weighted by Gasteiger charge is -2.34. The SMILES string of the molecule is CCCNCc1c(C)cc(C)nc1N1CCCC(C)C1. The quantitative estimate of drug-likeness (QED) is 0.834. The first kappa shape index (κ1) is 15.3. The van der Waals surface area contributed by atoms with Crippen molar-refractivity contribution in [3.8, 4) is 0 Å². The molecule has 1 saturated heterocycles. The fourth-order valence-corrected chi connectivity index (χ4v) is 3.10. The summed E-state index contributed by atoms with van der Waals surface area (Å²) in [5.74, 6) is 2.00. The van der Waals surface area contributed by atoms with Crippen LogP contribution in [-0.2, 0) is 6.54 Å². The van der Waals surface area contributed by atoms with Crippen LogP contribution in [0.2, 0.25) is 0 Å². The highest BCUT2D eigenvalue weighted by Crippen LogP contribution is 2.27. The number of nitrogens with one attached hydrogen (secondary N) is 1. The molecule has 1 aliphatic heterocycles. The van der Waals surface area contributed by atoms with Gasteiger partial charge in [0.1, 0.15) is 5.82 Å². The van der Waals surface area contributed by atoms with E-state index in [1.165, 1.54) is 36.2 Å². The minimum absolute atomic E-state index is 0.780. The molecule has 0 spiro atoms. The lowest BCUT2D eigenvalue weighted by atomic mass is 9.99. The molecule has 1 unspecified atom stereocenters. The molecule has 1 aliphatic rings. The van der Waals surface area contributed by atoms with E-state index in [9.17, 15) is 0 Å². The topological polar surface area (TPSA) is 28.2 Å². The number of piperidine rings is 1. The standard InChI is InChI=1S/C17H29N3/c1-5-8-18-11-16-14(3)10-15(4)19-17(16)20-9-6-7-13(2)12-20/h10,13,18H,5-9,11-12H2,1-4H3. The molecule has 1 atom stereocenters. The summed E-state index contributed by atoms with van der Waals surface area (Å²) in [6.45, 7) is 13.2. The lowest BCUT2D eigenvalue weighted by molar-refractivity contribution is 0.443. The molecule has 0 amide bonds. The van der Waals surface area contributed by atoms with E-state index in [4.69, 9.17) is 4.98 Å². The second-order valence-electron chi connectivity index (χ2n) is 6.25. The molecule has 1 N–H and O–H groups in total. The number of hydrogen-bond donors (Lipinski definition) is 1. The minimum Gasteiger partial charge on any atom is -0.356 e. The van der Waals surface area contributed by atoms with Crippen LogP contribution in [-0.4, -0.2) is 24.6 Å². The van der Waals surface area contributed by atoms with Crippen molar-refractivity contribution in [1.29, 1.82) is 0 Å². The van der Waals surface area contributed by atoms with Gasteiger partial charge in [0.05, 0.1) is 0 Å². The molecule has 0 saturated carbocycles. The summed E-state index contributed by atoms with van der Waals surface area (Å²) >= 11 is 0. The van der Waals surface area contributed by atoms with Crippen molar-refractivity contribution in [2.75, 3.05) is 24.5 Å². The van der Waals surface area contributed by atoms with Gasteiger partial charge in [-0.2, -0.15) is 0 Å². The van der Waals surface area contributed by atoms with Crippen LogP contribution in [0.25, 0.3) is 0 Å². The van der Waals surface area contributed by atoms with Gasteiger partial charge in [-0.15, -0.1) is 0 Å². The molecule has 1 fully saturated rings. The van der Waals surface area contributed by atoms with Crippen molar-refractivity contribution in [2.24, 2.45) is 5.92 Å². The molecule has 3 heteroatoms. The number of rotatable bonds is 5. The van der Waals surface area contributed by atoms with E-state index in [0.717, 1.165) is 37.8 Å². The molecule has 0 aromatic carbocycles. The van der Waals surface area contributed by atoms with E-state index in [-0.39, 0.29) is 0 Å². The highest BCUT2D eigenvalue weighted by atomic mass is 15.2. The van der Waals surface area contributed by atoms with E-state index in [0.29, 0.717) is 0 Å². The van der Waals surface area contributed by atoms with Gasteiger partial charge in [-0.25, -0.2) is 4.98 Å². The fraction of sp³-hybridized carbons (Fsp3) is 0.706. The van der Waals surface area contributed by atoms with Crippen LogP contribution < -0.4 is 10.2 Å². The zero-order valence-electron chi connectivity index (χ0n) is 13.5. The Morgan fingerprint density at radius 1 is 1.40 bits per heavy atom. The van der Waals surface area contributed by atoms with Crippen molar-refractivity contribution in [1.82, 2.24) is 10.3 Å². The van der Waals surface area contributed by atoms with Crippen molar-refractivity contribution < 1.29 is 0 Å². The van der Waals surface area contributed by atoms with E-state index < -0.39 is 0 Å². The minimum atomic E-state index is 0.780. The second-order valence-corrected chi connectivity index (χ2v) is 6.25. The van der Waals surface area contributed by atoms with Crippen LogP contribution in [0.5, 0.6) is 0 Å². The Hall–Kier alpha value is -1.09. The van der Waals surface area contributed by atoms with Crippen molar-refractivity contribution >= 4 is 5.82 Å². The number of nitrogens with zero attached hydrogens (tertiary/aromatic N) is 2. The molecule has 3 nitrogen and oxygen atoms in total. The summed E-state index contributed by atoms with van der Waals surface area (Å²) in [5.41, 5.74) is 3.89. The van der Waals surface area contributed by atoms with Crippen LogP contribution >= 0.6 is 0 Å². The predicted octanol–water partition coefficient (Wildman–Crippen LogP) is 3.43. The van der Waals surface area contributed by atoms with Crippen LogP contribution in [0.15, 0.2) is 6.07 Å². The molecule has 0 radical (unpaired) electrons. The molecule has 2 rings (SSSR count). The van der Waals surface area contributed by atoms with Crippen molar-refractivity contribution in [2.45, 2.75) is 53.5 Å². The summed E-state index contributed by atoms with van der Waals surface area (Å²) in [5, 5.41) is 3.54. The molecule has 112 valence electrons. The molecule has 1 aromatic rings. The van der Waals surface area contributed by atoms with Crippen molar-refractivity contribution in [3.63, 3.8) is 0 Å². The van der Waals surface area contributed by atoms with Gasteiger partial charge in [0.25, 0.3) is 0 Å². The summed E-state index contributed by atoms with van der Waals surface area (Å²) in [6.07, 6.45) is 3.82. The lowest BCUT2D eigenvalue weighted by Crippen LogP contribution is -2.36. The van der Waals surface area contributed by atoms with Crippen LogP contribution in [0, 0.1) is 19.8 Å². The van der Waals surface area contributed by atoms with E-state index >= 15 is 0 Å². The van der Waals surface area contributed by atoms with Gasteiger partial charge >= 0.3 is 0 Å². The normalized spacial score (nSPS) is 19.4. The molecule has 1 aromatic heterocycles. The summed E-state index contributed by atoms with van der Waals surface area (Å²) in [7, 11) is 0. The maximum absolute atomic E-state index is 4.86. The van der Waals surface area contributed by atoms with Gasteiger partial charge in [-0.1, -0.05) is 13.8 Å². The van der Waals surface area contributed by atoms with Gasteiger partial charge in [-0.3, -0.25) is 0 Å². The van der Waals surface area contributed by atoms with Crippen LogP contribution in [0.1, 0.15) is 49.9 Å². The second kappa shape index (κ2) is 7.07. The molecule has 0 aliphatic carbocycles. The zero-order valence-corrected chi connectivity index (χ0v) is 13.5.